The number of nitrogens with zero attached hydrogens (tertiary/aromatic N) is 3. The Bertz CT molecular complexity index is 452. The summed E-state index contributed by atoms with van der Waals surface area (Å²) in [5.41, 5.74) is 0. The fourth-order valence-electron chi connectivity index (χ4n) is 4.40. The Hall–Kier alpha value is -0.850. The summed E-state index contributed by atoms with van der Waals surface area (Å²) in [6.07, 6.45) is 3.28. The van der Waals surface area contributed by atoms with Crippen molar-refractivity contribution in [3.05, 3.63) is 0 Å². The molecular weight excluding hydrogens is 340 g/mol. The summed E-state index contributed by atoms with van der Waals surface area (Å²) in [4.78, 5) is 31.2. The summed E-state index contributed by atoms with van der Waals surface area (Å²) in [6.45, 7) is 10.8. The van der Waals surface area contributed by atoms with Gasteiger partial charge in [-0.25, -0.2) is 0 Å². The highest BCUT2D eigenvalue weighted by molar-refractivity contribution is 5.85. The molecule has 0 aromatic rings. The average molecular weight is 373 g/mol. The minimum atomic E-state index is 0. The van der Waals surface area contributed by atoms with Crippen molar-refractivity contribution in [1.29, 1.82) is 0 Å². The molecule has 3 saturated heterocycles. The number of hydrogen-bond acceptors (Lipinski definition) is 4. The molecule has 0 aromatic carbocycles. The Morgan fingerprint density at radius 1 is 1.00 bits per heavy atom. The first-order chi connectivity index (χ1) is 11.5. The first kappa shape index (κ1) is 20.5. The Morgan fingerprint density at radius 2 is 1.64 bits per heavy atom. The molecule has 144 valence electrons. The summed E-state index contributed by atoms with van der Waals surface area (Å²) in [5.74, 6) is 1.71. The molecule has 1 N–H and O–H groups in total. The van der Waals surface area contributed by atoms with Gasteiger partial charge in [0, 0.05) is 39.3 Å². The van der Waals surface area contributed by atoms with Gasteiger partial charge in [0.2, 0.25) is 11.8 Å². The number of carbonyl (C=O) groups is 2. The summed E-state index contributed by atoms with van der Waals surface area (Å²) in [7, 11) is 0. The highest BCUT2D eigenvalue weighted by Crippen LogP contribution is 2.21. The fourth-order valence-corrected chi connectivity index (χ4v) is 4.40. The number of piperazine rings is 1. The van der Waals surface area contributed by atoms with Gasteiger partial charge >= 0.3 is 0 Å². The number of rotatable bonds is 3. The zero-order valence-corrected chi connectivity index (χ0v) is 16.4. The lowest BCUT2D eigenvalue weighted by Gasteiger charge is -2.38. The van der Waals surface area contributed by atoms with Gasteiger partial charge in [0.15, 0.2) is 0 Å². The standard InChI is InChI=1S/C18H32N4O2.ClH/c1-14-10-15(2)12-22(11-14)17(23)13-20-6-8-21(9-7-20)18(24)16-4-3-5-19-16;/h14-16,19H,3-13H2,1-2H3;1H. The number of halogens is 1. The van der Waals surface area contributed by atoms with E-state index in [0.717, 1.165) is 58.7 Å². The predicted octanol–water partition coefficient (Wildman–Crippen LogP) is 0.809. The average Bonchev–Trinajstić information content (AvgIpc) is 3.08. The maximum Gasteiger partial charge on any atom is 0.239 e. The highest BCUT2D eigenvalue weighted by Gasteiger charge is 2.31. The molecule has 2 amide bonds. The van der Waals surface area contributed by atoms with Gasteiger partial charge < -0.3 is 15.1 Å². The Kier molecular flexibility index (Phi) is 7.52. The first-order valence-electron chi connectivity index (χ1n) is 9.55. The van der Waals surface area contributed by atoms with E-state index in [1.807, 2.05) is 9.80 Å². The summed E-state index contributed by atoms with van der Waals surface area (Å²) < 4.78 is 0. The molecule has 7 heteroatoms. The van der Waals surface area contributed by atoms with E-state index >= 15 is 0 Å². The van der Waals surface area contributed by atoms with Crippen LogP contribution in [0.25, 0.3) is 0 Å². The molecule has 3 heterocycles. The summed E-state index contributed by atoms with van der Waals surface area (Å²) >= 11 is 0. The van der Waals surface area contributed by atoms with E-state index in [9.17, 15) is 9.59 Å². The van der Waals surface area contributed by atoms with E-state index in [2.05, 4.69) is 24.1 Å². The van der Waals surface area contributed by atoms with Crippen molar-refractivity contribution < 1.29 is 9.59 Å². The number of piperidine rings is 1. The number of carbonyl (C=O) groups excluding carboxylic acids is 2. The van der Waals surface area contributed by atoms with Crippen LogP contribution in [0.1, 0.15) is 33.1 Å². The highest BCUT2D eigenvalue weighted by atomic mass is 35.5. The van der Waals surface area contributed by atoms with Crippen LogP contribution in [0, 0.1) is 11.8 Å². The zero-order valence-electron chi connectivity index (χ0n) is 15.6. The molecule has 0 aromatic heterocycles. The second kappa shape index (κ2) is 9.19. The van der Waals surface area contributed by atoms with E-state index in [4.69, 9.17) is 0 Å². The van der Waals surface area contributed by atoms with Crippen molar-refractivity contribution in [3.8, 4) is 0 Å². The van der Waals surface area contributed by atoms with Gasteiger partial charge in [-0.05, 0) is 37.6 Å². The van der Waals surface area contributed by atoms with Crippen LogP contribution in [0.4, 0.5) is 0 Å². The topological polar surface area (TPSA) is 55.9 Å². The van der Waals surface area contributed by atoms with Crippen molar-refractivity contribution in [2.24, 2.45) is 11.8 Å². The monoisotopic (exact) mass is 372 g/mol. The van der Waals surface area contributed by atoms with Crippen LogP contribution in [0.15, 0.2) is 0 Å². The van der Waals surface area contributed by atoms with E-state index < -0.39 is 0 Å². The number of hydrogen-bond donors (Lipinski definition) is 1. The zero-order chi connectivity index (χ0) is 17.1. The van der Waals surface area contributed by atoms with Gasteiger partial charge in [0.25, 0.3) is 0 Å². The molecule has 25 heavy (non-hydrogen) atoms. The summed E-state index contributed by atoms with van der Waals surface area (Å²) in [5, 5.41) is 3.28. The minimum absolute atomic E-state index is 0. The Labute approximate surface area is 157 Å². The Balaban J connectivity index is 0.00000225. The van der Waals surface area contributed by atoms with Crippen LogP contribution in [0.5, 0.6) is 0 Å². The molecule has 6 nitrogen and oxygen atoms in total. The van der Waals surface area contributed by atoms with Crippen molar-refractivity contribution in [2.75, 3.05) is 52.4 Å². The van der Waals surface area contributed by atoms with Crippen LogP contribution in [0.3, 0.4) is 0 Å². The third-order valence-electron chi connectivity index (χ3n) is 5.62. The molecule has 0 saturated carbocycles. The third kappa shape index (κ3) is 5.31. The molecular formula is C18H33ClN4O2. The molecule has 0 radical (unpaired) electrons. The van der Waals surface area contributed by atoms with Crippen LogP contribution >= 0.6 is 12.4 Å². The number of likely N-dealkylation sites (tertiary alicyclic amines) is 1. The van der Waals surface area contributed by atoms with Crippen molar-refractivity contribution in [3.63, 3.8) is 0 Å². The molecule has 3 rings (SSSR count). The SMILES string of the molecule is CC1CC(C)CN(C(=O)CN2CCN(C(=O)C3CCCN3)CC2)C1.Cl. The quantitative estimate of drug-likeness (QED) is 0.796. The molecule has 3 aliphatic heterocycles. The number of amides is 2. The van der Waals surface area contributed by atoms with E-state index in [0.29, 0.717) is 18.4 Å². The second-order valence-electron chi connectivity index (χ2n) is 8.00. The maximum atomic E-state index is 12.6. The van der Waals surface area contributed by atoms with Crippen molar-refractivity contribution >= 4 is 24.2 Å². The Morgan fingerprint density at radius 3 is 2.20 bits per heavy atom. The smallest absolute Gasteiger partial charge is 0.239 e. The van der Waals surface area contributed by atoms with Crippen LogP contribution in [-0.2, 0) is 9.59 Å². The van der Waals surface area contributed by atoms with Gasteiger partial charge in [0.1, 0.15) is 0 Å². The van der Waals surface area contributed by atoms with Crippen LogP contribution in [0.2, 0.25) is 0 Å². The molecule has 3 fully saturated rings. The van der Waals surface area contributed by atoms with E-state index in [1.165, 1.54) is 6.42 Å². The van der Waals surface area contributed by atoms with E-state index in [-0.39, 0.29) is 30.3 Å². The normalized spacial score (nSPS) is 30.9. The maximum absolute atomic E-state index is 12.6. The third-order valence-corrected chi connectivity index (χ3v) is 5.62. The lowest BCUT2D eigenvalue weighted by Crippen LogP contribution is -2.55. The summed E-state index contributed by atoms with van der Waals surface area (Å²) in [6, 6.07) is 0.0227. The van der Waals surface area contributed by atoms with Crippen molar-refractivity contribution in [2.45, 2.75) is 39.2 Å². The second-order valence-corrected chi connectivity index (χ2v) is 8.00. The minimum Gasteiger partial charge on any atom is -0.341 e. The molecule has 3 atom stereocenters. The van der Waals surface area contributed by atoms with Crippen molar-refractivity contribution in [1.82, 2.24) is 20.0 Å². The largest absolute Gasteiger partial charge is 0.341 e. The molecule has 0 spiro atoms. The number of nitrogens with one attached hydrogen (secondary N) is 1. The lowest BCUT2D eigenvalue weighted by molar-refractivity contribution is -0.137. The lowest BCUT2D eigenvalue weighted by atomic mass is 9.92. The molecule has 3 aliphatic rings. The predicted molar refractivity (Wildman–Crippen MR) is 101 cm³/mol. The van der Waals surface area contributed by atoms with Gasteiger partial charge in [0.05, 0.1) is 12.6 Å². The van der Waals surface area contributed by atoms with E-state index in [1.54, 1.807) is 0 Å². The molecule has 3 unspecified atom stereocenters. The van der Waals surface area contributed by atoms with Gasteiger partial charge in [-0.1, -0.05) is 13.8 Å². The molecule has 0 aliphatic carbocycles. The van der Waals surface area contributed by atoms with Crippen LogP contribution < -0.4 is 5.32 Å². The van der Waals surface area contributed by atoms with Gasteiger partial charge in [-0.15, -0.1) is 12.4 Å². The van der Waals surface area contributed by atoms with Gasteiger partial charge in [-0.3, -0.25) is 14.5 Å². The van der Waals surface area contributed by atoms with Gasteiger partial charge in [-0.2, -0.15) is 0 Å². The fraction of sp³-hybridized carbons (Fsp3) is 0.889. The first-order valence-corrected chi connectivity index (χ1v) is 9.55. The molecule has 0 bridgehead atoms. The van der Waals surface area contributed by atoms with Crippen LogP contribution in [-0.4, -0.2) is 84.9 Å².